The Hall–Kier alpha value is -3.07. The molecule has 9 heteroatoms. The molecule has 0 atom stereocenters. The van der Waals surface area contributed by atoms with Gasteiger partial charge < -0.3 is 0 Å². The van der Waals surface area contributed by atoms with E-state index in [1.807, 2.05) is 0 Å². The highest BCUT2D eigenvalue weighted by Gasteiger charge is 2.23. The smallest absolute Gasteiger partial charge is 0.266 e. The molecule has 24 heavy (non-hydrogen) atoms. The SMILES string of the molecule is Cc1nc2cc([N+](=O)[O-])ccc2n(S(=O)(=O)c2ccccc2)c1=O. The van der Waals surface area contributed by atoms with Gasteiger partial charge in [0.05, 0.1) is 20.9 Å². The zero-order valence-corrected chi connectivity index (χ0v) is 13.2. The van der Waals surface area contributed by atoms with Crippen LogP contribution in [0.2, 0.25) is 0 Å². The van der Waals surface area contributed by atoms with Crippen molar-refractivity contribution in [3.05, 3.63) is 74.7 Å². The minimum atomic E-state index is -4.16. The number of rotatable bonds is 3. The molecule has 0 aliphatic carbocycles. The molecule has 0 N–H and O–H groups in total. The van der Waals surface area contributed by atoms with Gasteiger partial charge in [-0.25, -0.2) is 13.4 Å². The van der Waals surface area contributed by atoms with Gasteiger partial charge in [0.2, 0.25) is 0 Å². The second kappa shape index (κ2) is 5.53. The molecule has 122 valence electrons. The molecule has 3 aromatic rings. The molecule has 1 heterocycles. The molecular weight excluding hydrogens is 334 g/mol. The topological polar surface area (TPSA) is 112 Å². The van der Waals surface area contributed by atoms with E-state index in [-0.39, 0.29) is 27.3 Å². The average molecular weight is 345 g/mol. The number of non-ortho nitro benzene ring substituents is 1. The second-order valence-electron chi connectivity index (χ2n) is 5.01. The van der Waals surface area contributed by atoms with Crippen LogP contribution in [0.1, 0.15) is 5.69 Å². The van der Waals surface area contributed by atoms with Crippen LogP contribution in [0.15, 0.2) is 58.2 Å². The molecular formula is C15H11N3O5S. The second-order valence-corrected chi connectivity index (χ2v) is 6.80. The van der Waals surface area contributed by atoms with Crippen LogP contribution in [0, 0.1) is 17.0 Å². The molecule has 8 nitrogen and oxygen atoms in total. The minimum Gasteiger partial charge on any atom is -0.266 e. The molecule has 0 aliphatic heterocycles. The van der Waals surface area contributed by atoms with Crippen molar-refractivity contribution in [2.45, 2.75) is 11.8 Å². The first-order valence-corrected chi connectivity index (χ1v) is 8.25. The van der Waals surface area contributed by atoms with Crippen molar-refractivity contribution in [1.29, 1.82) is 0 Å². The Morgan fingerprint density at radius 3 is 2.42 bits per heavy atom. The summed E-state index contributed by atoms with van der Waals surface area (Å²) in [7, 11) is -4.16. The lowest BCUT2D eigenvalue weighted by Gasteiger charge is -2.11. The molecule has 0 saturated heterocycles. The van der Waals surface area contributed by atoms with Gasteiger partial charge in [0.15, 0.2) is 0 Å². The predicted molar refractivity (Wildman–Crippen MR) is 86.4 cm³/mol. The first-order chi connectivity index (χ1) is 11.3. The Labute approximate surface area is 136 Å². The van der Waals surface area contributed by atoms with Gasteiger partial charge in [-0.05, 0) is 25.1 Å². The number of nitro benzene ring substituents is 1. The molecule has 0 spiro atoms. The minimum absolute atomic E-state index is 0.0138. The summed E-state index contributed by atoms with van der Waals surface area (Å²) < 4.78 is 26.3. The lowest BCUT2D eigenvalue weighted by Crippen LogP contribution is -2.30. The summed E-state index contributed by atoms with van der Waals surface area (Å²) in [4.78, 5) is 26.6. The molecule has 0 amide bonds. The van der Waals surface area contributed by atoms with Crippen LogP contribution in [-0.4, -0.2) is 22.3 Å². The monoisotopic (exact) mass is 345 g/mol. The maximum Gasteiger partial charge on any atom is 0.286 e. The first-order valence-electron chi connectivity index (χ1n) is 6.81. The van der Waals surface area contributed by atoms with Crippen LogP contribution in [0.3, 0.4) is 0 Å². The van der Waals surface area contributed by atoms with E-state index in [4.69, 9.17) is 0 Å². The fraction of sp³-hybridized carbons (Fsp3) is 0.0667. The zero-order valence-electron chi connectivity index (χ0n) is 12.4. The third-order valence-electron chi connectivity index (χ3n) is 3.45. The number of aromatic nitrogens is 2. The standard InChI is InChI=1S/C15H11N3O5S/c1-10-15(19)17(24(22,23)12-5-3-2-4-6-12)14-8-7-11(18(20)21)9-13(14)16-10/h2-9H,1H3. The summed E-state index contributed by atoms with van der Waals surface area (Å²) in [5.41, 5.74) is -1.06. The van der Waals surface area contributed by atoms with E-state index in [1.165, 1.54) is 25.1 Å². The van der Waals surface area contributed by atoms with Gasteiger partial charge in [-0.1, -0.05) is 18.2 Å². The van der Waals surface area contributed by atoms with Crippen molar-refractivity contribution in [3.8, 4) is 0 Å². The number of hydrogen-bond acceptors (Lipinski definition) is 6. The van der Waals surface area contributed by atoms with Gasteiger partial charge in [-0.3, -0.25) is 14.9 Å². The van der Waals surface area contributed by atoms with Crippen molar-refractivity contribution in [1.82, 2.24) is 8.96 Å². The Morgan fingerprint density at radius 1 is 1.12 bits per heavy atom. The van der Waals surface area contributed by atoms with Crippen molar-refractivity contribution >= 4 is 26.7 Å². The third-order valence-corrected chi connectivity index (χ3v) is 5.16. The maximum absolute atomic E-state index is 12.8. The van der Waals surface area contributed by atoms with E-state index >= 15 is 0 Å². The molecule has 3 rings (SSSR count). The lowest BCUT2D eigenvalue weighted by atomic mass is 10.2. The average Bonchev–Trinajstić information content (AvgIpc) is 2.56. The lowest BCUT2D eigenvalue weighted by molar-refractivity contribution is -0.384. The Kier molecular flexibility index (Phi) is 3.64. The van der Waals surface area contributed by atoms with Crippen molar-refractivity contribution in [2.24, 2.45) is 0 Å². The van der Waals surface area contributed by atoms with Gasteiger partial charge in [0.1, 0.15) is 5.69 Å². The number of aryl methyl sites for hydroxylation is 1. The molecule has 2 aromatic carbocycles. The fourth-order valence-corrected chi connectivity index (χ4v) is 3.78. The van der Waals surface area contributed by atoms with Crippen molar-refractivity contribution in [3.63, 3.8) is 0 Å². The molecule has 0 bridgehead atoms. The maximum atomic E-state index is 12.8. The Morgan fingerprint density at radius 2 is 1.79 bits per heavy atom. The summed E-state index contributed by atoms with van der Waals surface area (Å²) in [5, 5.41) is 10.9. The van der Waals surface area contributed by atoms with E-state index in [1.54, 1.807) is 18.2 Å². The summed E-state index contributed by atoms with van der Waals surface area (Å²) in [6.07, 6.45) is 0. The highest BCUT2D eigenvalue weighted by Crippen LogP contribution is 2.22. The Balaban J connectivity index is 2.42. The normalized spacial score (nSPS) is 11.5. The highest BCUT2D eigenvalue weighted by molar-refractivity contribution is 7.90. The summed E-state index contributed by atoms with van der Waals surface area (Å²) in [5.74, 6) is 0. The van der Waals surface area contributed by atoms with E-state index < -0.39 is 20.5 Å². The molecule has 0 radical (unpaired) electrons. The van der Waals surface area contributed by atoms with Crippen LogP contribution in [0.5, 0.6) is 0 Å². The first kappa shape index (κ1) is 15.8. The van der Waals surface area contributed by atoms with Crippen molar-refractivity contribution < 1.29 is 13.3 Å². The molecule has 0 saturated carbocycles. The number of nitrogens with zero attached hydrogens (tertiary/aromatic N) is 3. The fourth-order valence-electron chi connectivity index (χ4n) is 2.31. The van der Waals surface area contributed by atoms with Gasteiger partial charge >= 0.3 is 0 Å². The molecule has 0 unspecified atom stereocenters. The third kappa shape index (κ3) is 2.44. The van der Waals surface area contributed by atoms with Gasteiger partial charge in [0.25, 0.3) is 21.3 Å². The van der Waals surface area contributed by atoms with Gasteiger partial charge in [-0.2, -0.15) is 3.97 Å². The van der Waals surface area contributed by atoms with Crippen molar-refractivity contribution in [2.75, 3.05) is 0 Å². The highest BCUT2D eigenvalue weighted by atomic mass is 32.2. The number of benzene rings is 2. The summed E-state index contributed by atoms with van der Waals surface area (Å²) in [6, 6.07) is 11.0. The van der Waals surface area contributed by atoms with Crippen LogP contribution in [0.25, 0.3) is 11.0 Å². The number of hydrogen-bond donors (Lipinski definition) is 0. The van der Waals surface area contributed by atoms with E-state index in [9.17, 15) is 23.3 Å². The van der Waals surface area contributed by atoms with E-state index in [0.29, 0.717) is 3.97 Å². The molecule has 0 fully saturated rings. The number of fused-ring (bicyclic) bond motifs is 1. The number of nitro groups is 1. The van der Waals surface area contributed by atoms with E-state index in [2.05, 4.69) is 4.98 Å². The largest absolute Gasteiger partial charge is 0.286 e. The quantitative estimate of drug-likeness (QED) is 0.529. The summed E-state index contributed by atoms with van der Waals surface area (Å²) >= 11 is 0. The Bertz CT molecular complexity index is 1120. The van der Waals surface area contributed by atoms with Gasteiger partial charge in [0, 0.05) is 12.1 Å². The van der Waals surface area contributed by atoms with Gasteiger partial charge in [-0.15, -0.1) is 0 Å². The van der Waals surface area contributed by atoms with Crippen LogP contribution in [0.4, 0.5) is 5.69 Å². The molecule has 0 aliphatic rings. The van der Waals surface area contributed by atoms with E-state index in [0.717, 1.165) is 12.1 Å². The molecule has 1 aromatic heterocycles. The van der Waals surface area contributed by atoms with Crippen LogP contribution in [-0.2, 0) is 10.0 Å². The van der Waals surface area contributed by atoms with Crippen LogP contribution < -0.4 is 5.56 Å². The summed E-state index contributed by atoms with van der Waals surface area (Å²) in [6.45, 7) is 1.36. The zero-order chi connectivity index (χ0) is 17.5. The predicted octanol–water partition coefficient (Wildman–Crippen LogP) is 1.85. The van der Waals surface area contributed by atoms with Crippen LogP contribution >= 0.6 is 0 Å².